The van der Waals surface area contributed by atoms with Crippen molar-refractivity contribution in [2.45, 2.75) is 84.4 Å². The molecule has 33 heavy (non-hydrogen) atoms. The first-order chi connectivity index (χ1) is 15.5. The van der Waals surface area contributed by atoms with Crippen molar-refractivity contribution in [3.63, 3.8) is 0 Å². The maximum atomic E-state index is 12.1. The van der Waals surface area contributed by atoms with Crippen molar-refractivity contribution >= 4 is 39.5 Å². The number of benzene rings is 1. The number of halogens is 1. The maximum Gasteiger partial charge on any atom is 0.306 e. The Hall–Kier alpha value is -2.02. The van der Waals surface area contributed by atoms with Gasteiger partial charge in [-0.05, 0) is 74.0 Å². The van der Waals surface area contributed by atoms with Gasteiger partial charge < -0.3 is 25.7 Å². The quantitative estimate of drug-likeness (QED) is 0.242. The lowest BCUT2D eigenvalue weighted by molar-refractivity contribution is -0.155. The molecule has 7 heteroatoms. The van der Waals surface area contributed by atoms with Gasteiger partial charge in [0.25, 0.3) is 0 Å². The number of rotatable bonds is 11. The third kappa shape index (κ3) is 8.69. The van der Waals surface area contributed by atoms with Crippen LogP contribution < -0.4 is 15.5 Å². The molecule has 1 aromatic carbocycles. The SMILES string of the molecule is CCCC(CCC(C)CC(=O)OC(C)(C)C)N/C=C(\C=N)C1CN(C)c2cccc(Br)c2N1. The van der Waals surface area contributed by atoms with Gasteiger partial charge in [0.1, 0.15) is 5.60 Å². The van der Waals surface area contributed by atoms with Crippen LogP contribution in [0.1, 0.15) is 66.7 Å². The Kier molecular flexibility index (Phi) is 10.3. The number of hydrogen-bond donors (Lipinski definition) is 3. The molecule has 2 rings (SSSR count). The number of nitrogens with zero attached hydrogens (tertiary/aromatic N) is 1. The summed E-state index contributed by atoms with van der Waals surface area (Å²) in [7, 11) is 2.08. The highest BCUT2D eigenvalue weighted by Crippen LogP contribution is 2.37. The minimum Gasteiger partial charge on any atom is -0.460 e. The number of ether oxygens (including phenoxy) is 1. The van der Waals surface area contributed by atoms with Crippen molar-refractivity contribution in [2.75, 3.05) is 23.8 Å². The Bertz CT molecular complexity index is 834. The topological polar surface area (TPSA) is 77.5 Å². The number of anilines is 2. The van der Waals surface area contributed by atoms with Gasteiger partial charge in [-0.15, -0.1) is 0 Å². The van der Waals surface area contributed by atoms with E-state index in [1.165, 1.54) is 6.21 Å². The van der Waals surface area contributed by atoms with Crippen LogP contribution in [0.4, 0.5) is 11.4 Å². The van der Waals surface area contributed by atoms with Gasteiger partial charge in [0, 0.05) is 48.5 Å². The molecule has 0 bridgehead atoms. The smallest absolute Gasteiger partial charge is 0.306 e. The summed E-state index contributed by atoms with van der Waals surface area (Å²) in [5.74, 6) is 0.148. The zero-order valence-electron chi connectivity index (χ0n) is 21.0. The predicted octanol–water partition coefficient (Wildman–Crippen LogP) is 6.12. The molecule has 3 atom stereocenters. The van der Waals surface area contributed by atoms with Crippen LogP contribution in [0.2, 0.25) is 0 Å². The fourth-order valence-corrected chi connectivity index (χ4v) is 4.60. The Morgan fingerprint density at radius 2 is 2.09 bits per heavy atom. The van der Waals surface area contributed by atoms with E-state index in [4.69, 9.17) is 10.1 Å². The first kappa shape index (κ1) is 27.2. The number of likely N-dealkylation sites (N-methyl/N-ethyl adjacent to an activating group) is 1. The monoisotopic (exact) mass is 520 g/mol. The molecule has 0 spiro atoms. The average molecular weight is 522 g/mol. The third-order valence-corrected chi connectivity index (χ3v) is 6.47. The van der Waals surface area contributed by atoms with Crippen LogP contribution in [0.15, 0.2) is 34.4 Å². The molecule has 0 saturated heterocycles. The van der Waals surface area contributed by atoms with Crippen molar-refractivity contribution in [2.24, 2.45) is 5.92 Å². The zero-order valence-corrected chi connectivity index (χ0v) is 22.6. The van der Waals surface area contributed by atoms with E-state index in [0.717, 1.165) is 53.6 Å². The van der Waals surface area contributed by atoms with Crippen molar-refractivity contribution in [3.8, 4) is 0 Å². The number of para-hydroxylation sites is 1. The first-order valence-electron chi connectivity index (χ1n) is 12.0. The molecule has 3 unspecified atom stereocenters. The number of carbonyl (C=O) groups excluding carboxylic acids is 1. The second-order valence-electron chi connectivity index (χ2n) is 10.1. The maximum absolute atomic E-state index is 12.1. The van der Waals surface area contributed by atoms with Gasteiger partial charge in [-0.25, -0.2) is 0 Å². The molecule has 0 fully saturated rings. The normalized spacial score (nSPS) is 18.1. The number of fused-ring (bicyclic) bond motifs is 1. The number of hydrogen-bond acceptors (Lipinski definition) is 6. The van der Waals surface area contributed by atoms with E-state index in [-0.39, 0.29) is 17.9 Å². The van der Waals surface area contributed by atoms with Crippen molar-refractivity contribution in [1.82, 2.24) is 5.32 Å². The van der Waals surface area contributed by atoms with E-state index in [9.17, 15) is 4.79 Å². The van der Waals surface area contributed by atoms with E-state index >= 15 is 0 Å². The highest BCUT2D eigenvalue weighted by atomic mass is 79.9. The molecule has 1 aliphatic heterocycles. The van der Waals surface area contributed by atoms with E-state index in [1.807, 2.05) is 39.1 Å². The Balaban J connectivity index is 1.97. The lowest BCUT2D eigenvalue weighted by Crippen LogP contribution is -2.41. The molecular formula is C26H41BrN4O2. The Labute approximate surface area is 208 Å². The summed E-state index contributed by atoms with van der Waals surface area (Å²) in [5, 5.41) is 15.2. The summed E-state index contributed by atoms with van der Waals surface area (Å²) in [5.41, 5.74) is 2.70. The van der Waals surface area contributed by atoms with Crippen LogP contribution in [-0.4, -0.2) is 43.5 Å². The highest BCUT2D eigenvalue weighted by molar-refractivity contribution is 9.10. The molecule has 3 N–H and O–H groups in total. The predicted molar refractivity (Wildman–Crippen MR) is 142 cm³/mol. The largest absolute Gasteiger partial charge is 0.460 e. The van der Waals surface area contributed by atoms with Gasteiger partial charge in [0.15, 0.2) is 0 Å². The number of carbonyl (C=O) groups is 1. The molecule has 0 aromatic heterocycles. The number of nitrogens with one attached hydrogen (secondary N) is 3. The molecular weight excluding hydrogens is 480 g/mol. The van der Waals surface area contributed by atoms with Gasteiger partial charge >= 0.3 is 5.97 Å². The van der Waals surface area contributed by atoms with E-state index in [2.05, 4.69) is 58.4 Å². The van der Waals surface area contributed by atoms with Gasteiger partial charge in [-0.1, -0.05) is 26.3 Å². The van der Waals surface area contributed by atoms with E-state index < -0.39 is 5.60 Å². The summed E-state index contributed by atoms with van der Waals surface area (Å²) < 4.78 is 6.49. The molecule has 6 nitrogen and oxygen atoms in total. The fourth-order valence-electron chi connectivity index (χ4n) is 4.13. The average Bonchev–Trinajstić information content (AvgIpc) is 2.71. The van der Waals surface area contributed by atoms with Crippen LogP contribution in [0.3, 0.4) is 0 Å². The zero-order chi connectivity index (χ0) is 24.6. The summed E-state index contributed by atoms with van der Waals surface area (Å²) >= 11 is 3.64. The van der Waals surface area contributed by atoms with Crippen LogP contribution in [0.25, 0.3) is 0 Å². The highest BCUT2D eigenvalue weighted by Gasteiger charge is 2.25. The second kappa shape index (κ2) is 12.4. The minimum absolute atomic E-state index is 0.0274. The minimum atomic E-state index is -0.436. The summed E-state index contributed by atoms with van der Waals surface area (Å²) in [4.78, 5) is 14.3. The molecule has 184 valence electrons. The first-order valence-corrected chi connectivity index (χ1v) is 12.8. The van der Waals surface area contributed by atoms with Gasteiger partial charge in [0.2, 0.25) is 0 Å². The number of esters is 1. The lowest BCUT2D eigenvalue weighted by Gasteiger charge is -2.36. The van der Waals surface area contributed by atoms with Gasteiger partial charge in [0.05, 0.1) is 17.4 Å². The van der Waals surface area contributed by atoms with Crippen molar-refractivity contribution in [1.29, 1.82) is 5.41 Å². The Morgan fingerprint density at radius 1 is 1.36 bits per heavy atom. The summed E-state index contributed by atoms with van der Waals surface area (Å²) in [6.45, 7) is 10.8. The molecule has 1 aliphatic rings. The lowest BCUT2D eigenvalue weighted by atomic mass is 9.96. The molecule has 0 amide bonds. The van der Waals surface area contributed by atoms with Crippen molar-refractivity contribution in [3.05, 3.63) is 34.4 Å². The van der Waals surface area contributed by atoms with E-state index in [1.54, 1.807) is 0 Å². The molecule has 1 heterocycles. The second-order valence-corrected chi connectivity index (χ2v) is 11.0. The van der Waals surface area contributed by atoms with Gasteiger partial charge in [-0.3, -0.25) is 4.79 Å². The fraction of sp³-hybridized carbons (Fsp3) is 0.615. The van der Waals surface area contributed by atoms with Crippen LogP contribution in [-0.2, 0) is 9.53 Å². The third-order valence-electron chi connectivity index (χ3n) is 5.81. The standard InChI is InChI=1S/C26H41BrN4O2/c1-7-9-20(13-12-18(2)14-24(32)33-26(3,4)5)29-16-19(15-28)22-17-31(6)23-11-8-10-21(27)25(23)30-22/h8,10-11,15-16,18,20,22,28-30H,7,9,12-14,17H2,1-6H3/b19-16+,28-15?. The van der Waals surface area contributed by atoms with Crippen molar-refractivity contribution < 1.29 is 9.53 Å². The van der Waals surface area contributed by atoms with Crippen LogP contribution in [0, 0.1) is 11.3 Å². The molecule has 1 aromatic rings. The molecule has 0 aliphatic carbocycles. The molecule has 0 radical (unpaired) electrons. The Morgan fingerprint density at radius 3 is 2.73 bits per heavy atom. The summed E-state index contributed by atoms with van der Waals surface area (Å²) in [6, 6.07) is 6.51. The molecule has 0 saturated carbocycles. The van der Waals surface area contributed by atoms with Crippen LogP contribution >= 0.6 is 15.9 Å². The summed E-state index contributed by atoms with van der Waals surface area (Å²) in [6.07, 6.45) is 7.95. The van der Waals surface area contributed by atoms with E-state index in [0.29, 0.717) is 12.5 Å². The van der Waals surface area contributed by atoms with Crippen LogP contribution in [0.5, 0.6) is 0 Å². The van der Waals surface area contributed by atoms with Gasteiger partial charge in [-0.2, -0.15) is 0 Å².